The first-order valence-corrected chi connectivity index (χ1v) is 23.6. The number of nitrogens with two attached hydrogens (primary N) is 1. The molecule has 19 atom stereocenters. The Kier molecular flexibility index (Phi) is 12.1. The summed E-state index contributed by atoms with van der Waals surface area (Å²) in [5.41, 5.74) is 0.316. The summed E-state index contributed by atoms with van der Waals surface area (Å²) in [5.74, 6) is -1.50. The number of ether oxygens (including phenoxy) is 1. The third kappa shape index (κ3) is 6.77. The van der Waals surface area contributed by atoms with Crippen LogP contribution in [0.1, 0.15) is 137 Å². The second kappa shape index (κ2) is 16.1. The van der Waals surface area contributed by atoms with Gasteiger partial charge >= 0.3 is 0 Å². The highest BCUT2D eigenvalue weighted by molar-refractivity contribution is 6.42. The van der Waals surface area contributed by atoms with Gasteiger partial charge in [-0.2, -0.15) is 0 Å². The third-order valence-corrected chi connectivity index (χ3v) is 18.4. The predicted molar refractivity (Wildman–Crippen MR) is 222 cm³/mol. The van der Waals surface area contributed by atoms with Crippen molar-refractivity contribution in [2.45, 2.75) is 184 Å². The summed E-state index contributed by atoms with van der Waals surface area (Å²) < 4.78 is 6.64. The molecule has 0 aromatic carbocycles. The van der Waals surface area contributed by atoms with Gasteiger partial charge in [0, 0.05) is 17.3 Å². The van der Waals surface area contributed by atoms with Gasteiger partial charge in [-0.05, 0) is 138 Å². The molecular weight excluding hydrogens is 735 g/mol. The van der Waals surface area contributed by atoms with Gasteiger partial charge in [-0.25, -0.2) is 0 Å². The molecule has 328 valence electrons. The molecule has 5 saturated carbocycles. The van der Waals surface area contributed by atoms with E-state index in [9.17, 15) is 30.6 Å². The number of aliphatic hydroxyl groups excluding tert-OH is 3. The van der Waals surface area contributed by atoms with E-state index in [-0.39, 0.29) is 60.9 Å². The van der Waals surface area contributed by atoms with Crippen LogP contribution in [0.2, 0.25) is 0 Å². The second-order valence-electron chi connectivity index (χ2n) is 21.6. The Balaban J connectivity index is 1.21. The molecule has 0 radical (unpaired) electrons. The standard InChI is InChI=1S/C47H77N3O8/c1-5-6-7-8-11-31-26-58-42-32(31)12-9-10-18-47(42,57)44(4,55)36-17-19-46(56)39-38-29(21-43(36,46)3)14-13-28(30-15-16-37(48)49-25-30)22-45(38)23-35(53)34(52)20-33(45)41(54)40(39)50-24-27(2)51/h13-14,27-39,42,49,51-53,55-57H,5-12,15-26,48H2,1-4H3/t27-,28-,29-,30?,31-,32-,33-,34+,35-,36+,37?,38-,39-,42-,43+,44+,45-,46-,47+/m0/s1. The van der Waals surface area contributed by atoms with E-state index in [2.05, 4.69) is 31.3 Å². The minimum absolute atomic E-state index is 0.0139. The van der Waals surface area contributed by atoms with E-state index in [0.717, 1.165) is 51.5 Å². The van der Waals surface area contributed by atoms with E-state index >= 15 is 4.79 Å². The molecular formula is C47H77N3O8. The highest BCUT2D eigenvalue weighted by Gasteiger charge is 2.77. The van der Waals surface area contributed by atoms with Gasteiger partial charge in [0.25, 0.3) is 0 Å². The highest BCUT2D eigenvalue weighted by atomic mass is 16.5. The number of aliphatic imine (C=N–C) groups is 1. The molecule has 2 heterocycles. The molecule has 9 N–H and O–H groups in total. The summed E-state index contributed by atoms with van der Waals surface area (Å²) in [7, 11) is 0. The molecule has 6 aliphatic carbocycles. The molecule has 2 aliphatic heterocycles. The van der Waals surface area contributed by atoms with Crippen LogP contribution in [0, 0.1) is 64.1 Å². The number of carbonyl (C=O) groups excluding carboxylic acids is 1. The largest absolute Gasteiger partial charge is 0.391 e. The summed E-state index contributed by atoms with van der Waals surface area (Å²) in [4.78, 5) is 20.2. The van der Waals surface area contributed by atoms with Crippen molar-refractivity contribution in [3.63, 3.8) is 0 Å². The zero-order valence-corrected chi connectivity index (χ0v) is 35.9. The molecule has 58 heavy (non-hydrogen) atoms. The summed E-state index contributed by atoms with van der Waals surface area (Å²) in [6.45, 7) is 9.15. The molecule has 8 rings (SSSR count). The topological polar surface area (TPSA) is 198 Å². The fourth-order valence-corrected chi connectivity index (χ4v) is 15.5. The minimum Gasteiger partial charge on any atom is -0.391 e. The molecule has 2 saturated heterocycles. The maximum atomic E-state index is 15.3. The smallest absolute Gasteiger partial charge is 0.180 e. The maximum absolute atomic E-state index is 15.3. The summed E-state index contributed by atoms with van der Waals surface area (Å²) in [6.07, 6.45) is 14.4. The van der Waals surface area contributed by atoms with Crippen LogP contribution in [-0.4, -0.2) is 109 Å². The Morgan fingerprint density at radius 3 is 2.52 bits per heavy atom. The van der Waals surface area contributed by atoms with E-state index in [4.69, 9.17) is 15.5 Å². The van der Waals surface area contributed by atoms with Gasteiger partial charge < -0.3 is 46.4 Å². The van der Waals surface area contributed by atoms with Crippen LogP contribution in [0.5, 0.6) is 0 Å². The van der Waals surface area contributed by atoms with Gasteiger partial charge in [0.15, 0.2) is 5.78 Å². The van der Waals surface area contributed by atoms with Crippen LogP contribution in [0.15, 0.2) is 17.1 Å². The zero-order valence-electron chi connectivity index (χ0n) is 35.9. The van der Waals surface area contributed by atoms with Crippen LogP contribution in [0.4, 0.5) is 0 Å². The lowest BCUT2D eigenvalue weighted by Crippen LogP contribution is -2.73. The molecule has 8 aliphatic rings. The Hall–Kier alpha value is -1.28. The number of aliphatic hydroxyl groups is 6. The van der Waals surface area contributed by atoms with Gasteiger partial charge in [-0.3, -0.25) is 9.79 Å². The number of hydrogen-bond acceptors (Lipinski definition) is 11. The lowest BCUT2D eigenvalue weighted by molar-refractivity contribution is -0.262. The van der Waals surface area contributed by atoms with E-state index in [1.54, 1.807) is 6.92 Å². The van der Waals surface area contributed by atoms with Gasteiger partial charge in [0.1, 0.15) is 5.60 Å². The van der Waals surface area contributed by atoms with E-state index in [1.807, 2.05) is 6.92 Å². The van der Waals surface area contributed by atoms with E-state index in [0.29, 0.717) is 50.3 Å². The van der Waals surface area contributed by atoms with Gasteiger partial charge in [0.05, 0.1) is 60.6 Å². The number of carbonyl (C=O) groups is 1. The number of nitrogens with one attached hydrogen (secondary N) is 1. The normalized spacial score (nSPS) is 51.2. The summed E-state index contributed by atoms with van der Waals surface area (Å²) in [6, 6.07) is 0. The molecule has 0 aromatic heterocycles. The fourth-order valence-electron chi connectivity index (χ4n) is 15.5. The fraction of sp³-hybridized carbons (Fsp3) is 0.915. The van der Waals surface area contributed by atoms with Crippen molar-refractivity contribution in [1.82, 2.24) is 5.32 Å². The quantitative estimate of drug-likeness (QED) is 0.116. The number of hydrogen-bond donors (Lipinski definition) is 8. The van der Waals surface area contributed by atoms with Crippen molar-refractivity contribution in [1.29, 1.82) is 0 Å². The minimum atomic E-state index is -1.62. The SMILES string of the molecule is CCCCCC[C@H]1CO[C@H]2[C@H]1CCCC[C@]2(O)[C@](C)(O)[C@@H]1CC[C@]2(O)[C@@H]3C(=NC[C@H](C)O)C(=O)[C@@H]4C[C@@H](O)[C@@H](O)C[C@@]45C[C@@H](C4CCC(N)NC4)C=C[C@@H](C[C@]12C)[C@@H]35. The van der Waals surface area contributed by atoms with Gasteiger partial charge in [0.2, 0.25) is 0 Å². The number of rotatable bonds is 10. The molecule has 1 spiro atoms. The van der Waals surface area contributed by atoms with E-state index < -0.39 is 69.8 Å². The Morgan fingerprint density at radius 1 is 1.02 bits per heavy atom. The van der Waals surface area contributed by atoms with Crippen LogP contribution in [0.25, 0.3) is 0 Å². The van der Waals surface area contributed by atoms with Crippen molar-refractivity contribution in [2.24, 2.45) is 74.8 Å². The number of unbranched alkanes of at least 4 members (excludes halogenated alkanes) is 3. The first-order valence-electron chi connectivity index (χ1n) is 23.6. The van der Waals surface area contributed by atoms with E-state index in [1.165, 1.54) is 19.3 Å². The van der Waals surface area contributed by atoms with Crippen molar-refractivity contribution in [2.75, 3.05) is 19.7 Å². The lowest BCUT2D eigenvalue weighted by atomic mass is 9.38. The lowest BCUT2D eigenvalue weighted by Gasteiger charge is -2.67. The molecule has 0 amide bonds. The Labute approximate surface area is 347 Å². The molecule has 7 fully saturated rings. The molecule has 11 heteroatoms. The number of Topliss-reactive ketones (excluding diaryl/α,β-unsaturated/α-hetero) is 1. The van der Waals surface area contributed by atoms with Gasteiger partial charge in [-0.1, -0.05) is 64.5 Å². The number of fused-ring (bicyclic) bond motifs is 3. The molecule has 0 aromatic rings. The van der Waals surface area contributed by atoms with Crippen LogP contribution >= 0.6 is 0 Å². The first-order chi connectivity index (χ1) is 27.5. The number of piperidine rings is 1. The van der Waals surface area contributed by atoms with Crippen molar-refractivity contribution in [3.8, 4) is 0 Å². The second-order valence-corrected chi connectivity index (χ2v) is 21.6. The number of ketones is 1. The summed E-state index contributed by atoms with van der Waals surface area (Å²) >= 11 is 0. The Bertz CT molecular complexity index is 1560. The predicted octanol–water partition coefficient (Wildman–Crippen LogP) is 4.43. The first kappa shape index (κ1) is 43.4. The summed E-state index contributed by atoms with van der Waals surface area (Å²) in [5, 5.41) is 77.0. The van der Waals surface area contributed by atoms with Gasteiger partial charge in [-0.15, -0.1) is 0 Å². The zero-order chi connectivity index (χ0) is 41.4. The maximum Gasteiger partial charge on any atom is 0.180 e. The van der Waals surface area contributed by atoms with Crippen LogP contribution < -0.4 is 11.1 Å². The van der Waals surface area contributed by atoms with Crippen molar-refractivity contribution < 1.29 is 40.2 Å². The Morgan fingerprint density at radius 2 is 1.79 bits per heavy atom. The molecule has 11 nitrogen and oxygen atoms in total. The highest BCUT2D eigenvalue weighted by Crippen LogP contribution is 2.73. The number of nitrogens with zero attached hydrogens (tertiary/aromatic N) is 1. The average molecular weight is 812 g/mol. The van der Waals surface area contributed by atoms with Crippen LogP contribution in [0.3, 0.4) is 0 Å². The number of allylic oxidation sites excluding steroid dienone is 2. The van der Waals surface area contributed by atoms with Crippen LogP contribution in [-0.2, 0) is 9.53 Å². The molecule has 2 unspecified atom stereocenters. The van der Waals surface area contributed by atoms with Crippen molar-refractivity contribution in [3.05, 3.63) is 12.2 Å². The molecule has 0 bridgehead atoms. The van der Waals surface area contributed by atoms with Crippen molar-refractivity contribution >= 4 is 11.5 Å². The monoisotopic (exact) mass is 812 g/mol. The third-order valence-electron chi connectivity index (χ3n) is 18.4. The average Bonchev–Trinajstić information content (AvgIpc) is 3.59.